The molecule has 2 N–H and O–H groups in total. The summed E-state index contributed by atoms with van der Waals surface area (Å²) in [7, 11) is 3.40. The maximum absolute atomic E-state index is 11.1. The Morgan fingerprint density at radius 1 is 1.64 bits per heavy atom. The monoisotopic (exact) mass is 202 g/mol. The van der Waals surface area contributed by atoms with Gasteiger partial charge in [0.2, 0.25) is 0 Å². The van der Waals surface area contributed by atoms with Crippen molar-refractivity contribution in [1.82, 2.24) is 10.6 Å². The third kappa shape index (κ3) is 2.97. The van der Waals surface area contributed by atoms with Gasteiger partial charge in [-0.1, -0.05) is 4.68 Å². The van der Waals surface area contributed by atoms with Gasteiger partial charge in [0, 0.05) is 13.7 Å². The number of aromatic amines is 1. The SMILES string of the molecule is COCCCNCc1c(=O)o[nH][n+]1C. The molecule has 0 spiro atoms. The van der Waals surface area contributed by atoms with E-state index in [2.05, 4.69) is 15.1 Å². The zero-order valence-corrected chi connectivity index (χ0v) is 8.50. The first kappa shape index (κ1) is 10.9. The standard InChI is InChI=1S/C8H15N3O3/c1-11-7(8(12)14-10-11)6-9-4-3-5-13-2/h9H,3-6H2,1-2H3/p+1. The largest absolute Gasteiger partial charge is 0.431 e. The van der Waals surface area contributed by atoms with Crippen LogP contribution in [0.4, 0.5) is 0 Å². The average molecular weight is 202 g/mol. The van der Waals surface area contributed by atoms with Crippen LogP contribution in [-0.2, 0) is 18.3 Å². The average Bonchev–Trinajstić information content (AvgIpc) is 2.48. The number of nitrogens with one attached hydrogen (secondary N) is 2. The number of methoxy groups -OCH3 is 1. The number of H-pyrrole nitrogens is 1. The molecule has 0 aliphatic rings. The number of ether oxygens (including phenoxy) is 1. The minimum atomic E-state index is -0.327. The summed E-state index contributed by atoms with van der Waals surface area (Å²) in [6.07, 6.45) is 0.927. The predicted molar refractivity (Wildman–Crippen MR) is 48.7 cm³/mol. The van der Waals surface area contributed by atoms with Gasteiger partial charge in [-0.05, 0) is 18.2 Å². The molecule has 0 bridgehead atoms. The van der Waals surface area contributed by atoms with E-state index in [1.54, 1.807) is 18.8 Å². The summed E-state index contributed by atoms with van der Waals surface area (Å²) in [5.74, 6) is 0. The van der Waals surface area contributed by atoms with E-state index in [0.717, 1.165) is 19.6 Å². The molecule has 0 amide bonds. The number of rotatable bonds is 6. The summed E-state index contributed by atoms with van der Waals surface area (Å²) in [6.45, 7) is 2.05. The van der Waals surface area contributed by atoms with Crippen LogP contribution in [0.1, 0.15) is 12.1 Å². The molecule has 0 aromatic carbocycles. The second-order valence-electron chi connectivity index (χ2n) is 3.01. The quantitative estimate of drug-likeness (QED) is 0.454. The van der Waals surface area contributed by atoms with Gasteiger partial charge in [-0.2, -0.15) is 0 Å². The predicted octanol–water partition coefficient (Wildman–Crippen LogP) is -1.08. The van der Waals surface area contributed by atoms with E-state index >= 15 is 0 Å². The summed E-state index contributed by atoms with van der Waals surface area (Å²) in [4.78, 5) is 11.1. The van der Waals surface area contributed by atoms with Crippen molar-refractivity contribution in [3.63, 3.8) is 0 Å². The molecule has 0 saturated heterocycles. The third-order valence-electron chi connectivity index (χ3n) is 1.91. The molecule has 1 heterocycles. The summed E-state index contributed by atoms with van der Waals surface area (Å²) >= 11 is 0. The molecule has 0 atom stereocenters. The highest BCUT2D eigenvalue weighted by Gasteiger charge is 2.15. The minimum Gasteiger partial charge on any atom is -0.385 e. The van der Waals surface area contributed by atoms with Crippen LogP contribution >= 0.6 is 0 Å². The van der Waals surface area contributed by atoms with E-state index < -0.39 is 0 Å². The fraction of sp³-hybridized carbons (Fsp3) is 0.750. The summed E-state index contributed by atoms with van der Waals surface area (Å²) in [5, 5.41) is 5.58. The van der Waals surface area contributed by atoms with E-state index in [1.807, 2.05) is 0 Å². The lowest BCUT2D eigenvalue weighted by molar-refractivity contribution is -0.746. The molecule has 0 saturated carbocycles. The Labute approximate surface area is 81.8 Å². The van der Waals surface area contributed by atoms with Crippen molar-refractivity contribution in [3.8, 4) is 0 Å². The van der Waals surface area contributed by atoms with Crippen molar-refractivity contribution in [2.45, 2.75) is 13.0 Å². The Bertz CT molecular complexity index is 318. The van der Waals surface area contributed by atoms with Gasteiger partial charge < -0.3 is 10.1 Å². The lowest BCUT2D eigenvalue weighted by Gasteiger charge is -1.99. The smallest absolute Gasteiger partial charge is 0.385 e. The van der Waals surface area contributed by atoms with Gasteiger partial charge in [0.1, 0.15) is 0 Å². The highest BCUT2D eigenvalue weighted by Crippen LogP contribution is 1.81. The van der Waals surface area contributed by atoms with E-state index in [9.17, 15) is 4.79 Å². The highest BCUT2D eigenvalue weighted by molar-refractivity contribution is 4.81. The van der Waals surface area contributed by atoms with Gasteiger partial charge in [0.05, 0.1) is 6.54 Å². The fourth-order valence-electron chi connectivity index (χ4n) is 1.10. The number of aromatic nitrogens is 2. The van der Waals surface area contributed by atoms with Gasteiger partial charge >= 0.3 is 11.3 Å². The Kier molecular flexibility index (Phi) is 4.34. The van der Waals surface area contributed by atoms with Gasteiger partial charge in [-0.15, -0.1) is 0 Å². The maximum atomic E-state index is 11.1. The van der Waals surface area contributed by atoms with E-state index in [1.165, 1.54) is 0 Å². The lowest BCUT2D eigenvalue weighted by atomic mass is 10.4. The van der Waals surface area contributed by atoms with Crippen molar-refractivity contribution < 1.29 is 13.9 Å². The number of hydrogen-bond donors (Lipinski definition) is 2. The first-order valence-corrected chi connectivity index (χ1v) is 4.51. The molecule has 0 aliphatic carbocycles. The van der Waals surface area contributed by atoms with Crippen LogP contribution in [0, 0.1) is 0 Å². The second-order valence-corrected chi connectivity index (χ2v) is 3.01. The first-order valence-electron chi connectivity index (χ1n) is 4.51. The van der Waals surface area contributed by atoms with E-state index in [-0.39, 0.29) is 5.63 Å². The van der Waals surface area contributed by atoms with Crippen LogP contribution in [0.5, 0.6) is 0 Å². The third-order valence-corrected chi connectivity index (χ3v) is 1.91. The van der Waals surface area contributed by atoms with Gasteiger partial charge in [0.25, 0.3) is 0 Å². The summed E-state index contributed by atoms with van der Waals surface area (Å²) in [6, 6.07) is 0. The summed E-state index contributed by atoms with van der Waals surface area (Å²) < 4.78 is 11.0. The number of nitrogens with zero attached hydrogens (tertiary/aromatic N) is 1. The lowest BCUT2D eigenvalue weighted by Crippen LogP contribution is -2.39. The van der Waals surface area contributed by atoms with Crippen molar-refractivity contribution in [3.05, 3.63) is 16.1 Å². The molecule has 80 valence electrons. The molecule has 6 heteroatoms. The molecule has 1 rings (SSSR count). The van der Waals surface area contributed by atoms with Crippen molar-refractivity contribution in [2.75, 3.05) is 20.3 Å². The normalized spacial score (nSPS) is 10.7. The molecule has 0 fully saturated rings. The second kappa shape index (κ2) is 5.56. The highest BCUT2D eigenvalue weighted by atomic mass is 16.5. The Hall–Kier alpha value is -1.14. The van der Waals surface area contributed by atoms with E-state index in [4.69, 9.17) is 4.74 Å². The maximum Gasteiger partial charge on any atom is 0.431 e. The molecular weight excluding hydrogens is 186 g/mol. The zero-order chi connectivity index (χ0) is 10.4. The molecule has 1 aromatic heterocycles. The van der Waals surface area contributed by atoms with Gasteiger partial charge in [-0.25, -0.2) is 4.79 Å². The van der Waals surface area contributed by atoms with Crippen LogP contribution in [0.15, 0.2) is 9.32 Å². The van der Waals surface area contributed by atoms with E-state index in [0.29, 0.717) is 12.2 Å². The zero-order valence-electron chi connectivity index (χ0n) is 8.50. The van der Waals surface area contributed by atoms with Crippen molar-refractivity contribution >= 4 is 0 Å². The van der Waals surface area contributed by atoms with Crippen molar-refractivity contribution in [2.24, 2.45) is 7.05 Å². The number of hydrogen-bond acceptors (Lipinski definition) is 4. The minimum absolute atomic E-state index is 0.327. The molecule has 1 aromatic rings. The Morgan fingerprint density at radius 3 is 3.00 bits per heavy atom. The molecule has 0 unspecified atom stereocenters. The fourth-order valence-corrected chi connectivity index (χ4v) is 1.10. The van der Waals surface area contributed by atoms with Crippen LogP contribution in [-0.4, -0.2) is 25.5 Å². The van der Waals surface area contributed by atoms with Crippen LogP contribution in [0.2, 0.25) is 0 Å². The Balaban J connectivity index is 2.28. The molecular formula is C8H16N3O3+. The number of aryl methyl sites for hydroxylation is 1. The van der Waals surface area contributed by atoms with Crippen LogP contribution in [0.25, 0.3) is 0 Å². The topological polar surface area (TPSA) is 71.1 Å². The van der Waals surface area contributed by atoms with Crippen LogP contribution < -0.4 is 15.6 Å². The molecule has 0 radical (unpaired) electrons. The van der Waals surface area contributed by atoms with Gasteiger partial charge in [-0.3, -0.25) is 4.52 Å². The molecule has 0 aliphatic heterocycles. The molecule has 6 nitrogen and oxygen atoms in total. The van der Waals surface area contributed by atoms with Crippen molar-refractivity contribution in [1.29, 1.82) is 0 Å². The Morgan fingerprint density at radius 2 is 2.43 bits per heavy atom. The first-order chi connectivity index (χ1) is 6.75. The molecule has 14 heavy (non-hydrogen) atoms. The van der Waals surface area contributed by atoms with Crippen LogP contribution in [0.3, 0.4) is 0 Å². The van der Waals surface area contributed by atoms with Gasteiger partial charge in [0.15, 0.2) is 7.05 Å². The summed E-state index contributed by atoms with van der Waals surface area (Å²) in [5.41, 5.74) is 0.258.